The average Bonchev–Trinajstić information content (AvgIpc) is 2.46. The predicted molar refractivity (Wildman–Crippen MR) is 83.3 cm³/mol. The molecule has 2 unspecified atom stereocenters. The summed E-state index contributed by atoms with van der Waals surface area (Å²) in [6.07, 6.45) is 0.993. The van der Waals surface area contributed by atoms with E-state index in [1.807, 2.05) is 32.9 Å². The normalized spacial score (nSPS) is 13.4. The number of nitrogens with one attached hydrogen (secondary N) is 1. The lowest BCUT2D eigenvalue weighted by molar-refractivity contribution is -0.146. The van der Waals surface area contributed by atoms with Crippen molar-refractivity contribution >= 4 is 23.5 Å². The molecule has 0 aliphatic rings. The number of benzene rings is 1. The lowest BCUT2D eigenvalue weighted by Crippen LogP contribution is -2.46. The minimum atomic E-state index is -0.611. The fraction of sp³-hybridized carbons (Fsp3) is 0.500. The van der Waals surface area contributed by atoms with Crippen molar-refractivity contribution in [2.24, 2.45) is 5.92 Å². The van der Waals surface area contributed by atoms with E-state index in [4.69, 9.17) is 16.3 Å². The molecular formula is C16H22ClNO3. The van der Waals surface area contributed by atoms with E-state index < -0.39 is 12.0 Å². The van der Waals surface area contributed by atoms with Crippen LogP contribution < -0.4 is 5.32 Å². The highest BCUT2D eigenvalue weighted by atomic mass is 35.5. The maximum absolute atomic E-state index is 12.1. The number of carbonyl (C=O) groups is 2. The highest BCUT2D eigenvalue weighted by Crippen LogP contribution is 2.16. The first-order valence-electron chi connectivity index (χ1n) is 7.01. The molecule has 0 radical (unpaired) electrons. The minimum Gasteiger partial charge on any atom is -0.467 e. The van der Waals surface area contributed by atoms with Gasteiger partial charge in [-0.25, -0.2) is 4.79 Å². The van der Waals surface area contributed by atoms with E-state index in [9.17, 15) is 9.59 Å². The molecule has 2 atom stereocenters. The fourth-order valence-electron chi connectivity index (χ4n) is 2.05. The molecule has 4 nitrogen and oxygen atoms in total. The van der Waals surface area contributed by atoms with Gasteiger partial charge in [0, 0.05) is 5.02 Å². The van der Waals surface area contributed by atoms with Gasteiger partial charge in [0.25, 0.3) is 0 Å². The van der Waals surface area contributed by atoms with Gasteiger partial charge in [-0.05, 0) is 36.1 Å². The summed E-state index contributed by atoms with van der Waals surface area (Å²) in [7, 11) is 1.33. The van der Waals surface area contributed by atoms with Crippen LogP contribution in [0.2, 0.25) is 5.02 Å². The molecule has 0 saturated heterocycles. The smallest absolute Gasteiger partial charge is 0.328 e. The second kappa shape index (κ2) is 8.03. The molecule has 0 fully saturated rings. The zero-order valence-electron chi connectivity index (χ0n) is 12.9. The number of esters is 1. The Labute approximate surface area is 130 Å². The zero-order valence-corrected chi connectivity index (χ0v) is 13.7. The number of amides is 1. The van der Waals surface area contributed by atoms with Crippen LogP contribution in [0.1, 0.15) is 31.4 Å². The first-order valence-corrected chi connectivity index (χ1v) is 7.39. The minimum absolute atomic E-state index is 0.0210. The lowest BCUT2D eigenvalue weighted by Gasteiger charge is -2.22. The van der Waals surface area contributed by atoms with Crippen LogP contribution in [0, 0.1) is 12.8 Å². The third-order valence-electron chi connectivity index (χ3n) is 3.64. The number of hydrogen-bond donors (Lipinski definition) is 1. The molecule has 116 valence electrons. The Morgan fingerprint density at radius 2 is 2.05 bits per heavy atom. The molecule has 1 aromatic rings. The van der Waals surface area contributed by atoms with Crippen LogP contribution in [-0.4, -0.2) is 25.0 Å². The molecule has 21 heavy (non-hydrogen) atoms. The SMILES string of the molecule is CCC(C)C(NC(=O)Cc1ccc(Cl)cc1C)C(=O)OC. The Hall–Kier alpha value is -1.55. The van der Waals surface area contributed by atoms with E-state index in [0.29, 0.717) is 5.02 Å². The van der Waals surface area contributed by atoms with E-state index in [2.05, 4.69) is 5.32 Å². The Kier molecular flexibility index (Phi) is 6.69. The molecule has 0 spiro atoms. The summed E-state index contributed by atoms with van der Waals surface area (Å²) >= 11 is 5.90. The van der Waals surface area contributed by atoms with Crippen molar-refractivity contribution in [1.82, 2.24) is 5.32 Å². The molecule has 0 heterocycles. The lowest BCUT2D eigenvalue weighted by atomic mass is 9.98. The average molecular weight is 312 g/mol. The third kappa shape index (κ3) is 5.05. The van der Waals surface area contributed by atoms with E-state index in [1.165, 1.54) is 7.11 Å². The molecule has 0 saturated carbocycles. The maximum Gasteiger partial charge on any atom is 0.328 e. The summed E-state index contributed by atoms with van der Waals surface area (Å²) in [4.78, 5) is 23.9. The number of carbonyl (C=O) groups excluding carboxylic acids is 2. The van der Waals surface area contributed by atoms with Gasteiger partial charge in [0.05, 0.1) is 13.5 Å². The molecule has 1 rings (SSSR count). The van der Waals surface area contributed by atoms with Crippen LogP contribution in [-0.2, 0) is 20.7 Å². The van der Waals surface area contributed by atoms with E-state index >= 15 is 0 Å². The number of ether oxygens (including phenoxy) is 1. The van der Waals surface area contributed by atoms with Crippen molar-refractivity contribution in [3.63, 3.8) is 0 Å². The van der Waals surface area contributed by atoms with Gasteiger partial charge in [-0.1, -0.05) is 37.9 Å². The molecule has 0 aromatic heterocycles. The number of hydrogen-bond acceptors (Lipinski definition) is 3. The Balaban J connectivity index is 2.76. The second-order valence-corrected chi connectivity index (χ2v) is 5.64. The van der Waals surface area contributed by atoms with Crippen molar-refractivity contribution in [2.45, 2.75) is 39.7 Å². The third-order valence-corrected chi connectivity index (χ3v) is 3.88. The van der Waals surface area contributed by atoms with Crippen molar-refractivity contribution in [3.05, 3.63) is 34.3 Å². The van der Waals surface area contributed by atoms with Gasteiger partial charge < -0.3 is 10.1 Å². The van der Waals surface area contributed by atoms with Gasteiger partial charge >= 0.3 is 5.97 Å². The second-order valence-electron chi connectivity index (χ2n) is 5.20. The van der Waals surface area contributed by atoms with Gasteiger partial charge in [0.1, 0.15) is 6.04 Å². The summed E-state index contributed by atoms with van der Waals surface area (Å²) in [6, 6.07) is 4.79. The quantitative estimate of drug-likeness (QED) is 0.822. The van der Waals surface area contributed by atoms with Crippen molar-refractivity contribution in [3.8, 4) is 0 Å². The van der Waals surface area contributed by atoms with Crippen LogP contribution in [0.5, 0.6) is 0 Å². The van der Waals surface area contributed by atoms with Crippen LogP contribution in [0.25, 0.3) is 0 Å². The van der Waals surface area contributed by atoms with Gasteiger partial charge in [0.2, 0.25) is 5.91 Å². The molecule has 1 N–H and O–H groups in total. The zero-order chi connectivity index (χ0) is 16.0. The van der Waals surface area contributed by atoms with Crippen LogP contribution in [0.4, 0.5) is 0 Å². The van der Waals surface area contributed by atoms with Gasteiger partial charge in [-0.3, -0.25) is 4.79 Å². The van der Waals surface area contributed by atoms with Crippen LogP contribution in [0.3, 0.4) is 0 Å². The molecule has 0 aliphatic carbocycles. The summed E-state index contributed by atoms with van der Waals surface area (Å²) in [5.41, 5.74) is 1.85. The largest absolute Gasteiger partial charge is 0.467 e. The first-order chi connectivity index (χ1) is 9.88. The van der Waals surface area contributed by atoms with Crippen molar-refractivity contribution in [2.75, 3.05) is 7.11 Å². The molecular weight excluding hydrogens is 290 g/mol. The Morgan fingerprint density at radius 3 is 2.57 bits per heavy atom. The van der Waals surface area contributed by atoms with Gasteiger partial charge in [-0.15, -0.1) is 0 Å². The van der Waals surface area contributed by atoms with E-state index in [-0.39, 0.29) is 18.2 Å². The monoisotopic (exact) mass is 311 g/mol. The van der Waals surface area contributed by atoms with Crippen molar-refractivity contribution in [1.29, 1.82) is 0 Å². The summed E-state index contributed by atoms with van der Waals surface area (Å²) in [6.45, 7) is 5.78. The van der Waals surface area contributed by atoms with Crippen LogP contribution >= 0.6 is 11.6 Å². The maximum atomic E-state index is 12.1. The standard InChI is InChI=1S/C16H22ClNO3/c1-5-10(2)15(16(20)21-4)18-14(19)9-12-6-7-13(17)8-11(12)3/h6-8,10,15H,5,9H2,1-4H3,(H,18,19). The Bertz CT molecular complexity index is 516. The van der Waals surface area contributed by atoms with E-state index in [0.717, 1.165) is 17.5 Å². The number of aryl methyl sites for hydroxylation is 1. The molecule has 0 aliphatic heterocycles. The summed E-state index contributed by atoms with van der Waals surface area (Å²) < 4.78 is 4.75. The molecule has 1 amide bonds. The molecule has 5 heteroatoms. The number of methoxy groups -OCH3 is 1. The number of rotatable bonds is 6. The fourth-order valence-corrected chi connectivity index (χ4v) is 2.28. The van der Waals surface area contributed by atoms with Crippen LogP contribution in [0.15, 0.2) is 18.2 Å². The predicted octanol–water partition coefficient (Wildman–Crippen LogP) is 2.89. The van der Waals surface area contributed by atoms with E-state index in [1.54, 1.807) is 6.07 Å². The summed E-state index contributed by atoms with van der Waals surface area (Å²) in [5.74, 6) is -0.589. The Morgan fingerprint density at radius 1 is 1.38 bits per heavy atom. The first kappa shape index (κ1) is 17.5. The molecule has 1 aromatic carbocycles. The van der Waals surface area contributed by atoms with Gasteiger partial charge in [-0.2, -0.15) is 0 Å². The van der Waals surface area contributed by atoms with Crippen molar-refractivity contribution < 1.29 is 14.3 Å². The topological polar surface area (TPSA) is 55.4 Å². The summed E-state index contributed by atoms with van der Waals surface area (Å²) in [5, 5.41) is 3.40. The molecule has 0 bridgehead atoms. The number of halogens is 1. The van der Waals surface area contributed by atoms with Gasteiger partial charge in [0.15, 0.2) is 0 Å². The highest BCUT2D eigenvalue weighted by Gasteiger charge is 2.26. The highest BCUT2D eigenvalue weighted by molar-refractivity contribution is 6.30.